The number of rotatable bonds is 12. The van der Waals surface area contributed by atoms with Crippen molar-refractivity contribution in [3.63, 3.8) is 0 Å². The van der Waals surface area contributed by atoms with E-state index in [4.69, 9.17) is 0 Å². The van der Waals surface area contributed by atoms with Gasteiger partial charge in [0.05, 0.1) is 11.5 Å². The second-order valence-corrected chi connectivity index (χ2v) is 10.4. The first-order valence-electron chi connectivity index (χ1n) is 13.4. The van der Waals surface area contributed by atoms with Crippen LogP contribution < -0.4 is 0 Å². The third-order valence-electron chi connectivity index (χ3n) is 7.78. The van der Waals surface area contributed by atoms with E-state index in [0.29, 0.717) is 11.8 Å². The van der Waals surface area contributed by atoms with Gasteiger partial charge in [-0.3, -0.25) is 0 Å². The molecule has 3 nitrogen and oxygen atoms in total. The maximum absolute atomic E-state index is 9.85. The predicted molar refractivity (Wildman–Crippen MR) is 138 cm³/mol. The molecule has 0 spiro atoms. The van der Waals surface area contributed by atoms with Crippen LogP contribution in [0, 0.1) is 22.7 Å². The molecule has 2 aromatic rings. The molecule has 1 aromatic heterocycles. The van der Waals surface area contributed by atoms with Gasteiger partial charge in [-0.25, -0.2) is 9.97 Å². The Hall–Kier alpha value is -2.21. The van der Waals surface area contributed by atoms with Gasteiger partial charge in [0.1, 0.15) is 0 Å². The molecule has 0 saturated heterocycles. The molecule has 3 heteroatoms. The van der Waals surface area contributed by atoms with Crippen molar-refractivity contribution in [3.05, 3.63) is 47.8 Å². The molecule has 1 fully saturated rings. The molecule has 1 heterocycles. The zero-order valence-electron chi connectivity index (χ0n) is 21.2. The van der Waals surface area contributed by atoms with Crippen molar-refractivity contribution in [2.75, 3.05) is 0 Å². The molecule has 3 rings (SSSR count). The molecule has 0 amide bonds. The van der Waals surface area contributed by atoms with Crippen LogP contribution in [0.25, 0.3) is 11.4 Å². The van der Waals surface area contributed by atoms with E-state index in [2.05, 4.69) is 61.1 Å². The smallest absolute Gasteiger partial charge is 0.159 e. The van der Waals surface area contributed by atoms with E-state index < -0.39 is 0 Å². The Kier molecular flexibility index (Phi) is 9.92. The molecule has 178 valence electrons. The molecular weight excluding hydrogens is 402 g/mol. The van der Waals surface area contributed by atoms with Crippen LogP contribution in [0.1, 0.15) is 115 Å². The zero-order valence-corrected chi connectivity index (χ0v) is 21.2. The zero-order chi connectivity index (χ0) is 23.5. The van der Waals surface area contributed by atoms with Crippen LogP contribution in [0.5, 0.6) is 0 Å². The van der Waals surface area contributed by atoms with Gasteiger partial charge in [-0.05, 0) is 67.9 Å². The van der Waals surface area contributed by atoms with Crippen LogP contribution in [0.2, 0.25) is 0 Å². The summed E-state index contributed by atoms with van der Waals surface area (Å²) in [6.45, 7) is 6.78. The molecule has 1 atom stereocenters. The van der Waals surface area contributed by atoms with Crippen LogP contribution in [-0.4, -0.2) is 9.97 Å². The number of aryl methyl sites for hydroxylation is 1. The lowest BCUT2D eigenvalue weighted by atomic mass is 9.66. The van der Waals surface area contributed by atoms with Crippen molar-refractivity contribution < 1.29 is 0 Å². The fourth-order valence-corrected chi connectivity index (χ4v) is 5.32. The SMILES string of the molecule is CCCCCCCCc1cnc(-c2ccc(C3CCC(C#N)(C[C@H](C)CC)CC3)cc2)nc1. The quantitative estimate of drug-likeness (QED) is 0.307. The molecule has 1 saturated carbocycles. The van der Waals surface area contributed by atoms with Gasteiger partial charge >= 0.3 is 0 Å². The minimum atomic E-state index is -0.100. The lowest BCUT2D eigenvalue weighted by molar-refractivity contribution is 0.198. The highest BCUT2D eigenvalue weighted by Crippen LogP contribution is 2.46. The first-order valence-corrected chi connectivity index (χ1v) is 13.4. The fourth-order valence-electron chi connectivity index (χ4n) is 5.32. The normalized spacial score (nSPS) is 21.5. The van der Waals surface area contributed by atoms with E-state index in [0.717, 1.165) is 56.3 Å². The molecule has 0 radical (unpaired) electrons. The van der Waals surface area contributed by atoms with Gasteiger partial charge in [0, 0.05) is 18.0 Å². The lowest BCUT2D eigenvalue weighted by Gasteiger charge is -2.36. The molecule has 1 aliphatic rings. The first-order chi connectivity index (χ1) is 16.1. The summed E-state index contributed by atoms with van der Waals surface area (Å²) < 4.78 is 0. The van der Waals surface area contributed by atoms with Crippen molar-refractivity contribution in [3.8, 4) is 17.5 Å². The van der Waals surface area contributed by atoms with Crippen molar-refractivity contribution in [1.82, 2.24) is 9.97 Å². The Morgan fingerprint density at radius 3 is 2.21 bits per heavy atom. The Morgan fingerprint density at radius 1 is 0.970 bits per heavy atom. The Balaban J connectivity index is 1.51. The fraction of sp³-hybridized carbons (Fsp3) is 0.633. The second-order valence-electron chi connectivity index (χ2n) is 10.4. The standard InChI is InChI=1S/C30H43N3/c1-4-6-7-8-9-10-11-25-21-32-29(33-22-25)28-14-12-26(13-15-28)27-16-18-30(23-31,19-17-27)20-24(3)5-2/h12-15,21-22,24,27H,4-11,16-20H2,1-3H3/t24-,27?,30?/m1/s1. The van der Waals surface area contributed by atoms with Crippen molar-refractivity contribution in [2.24, 2.45) is 11.3 Å². The largest absolute Gasteiger partial charge is 0.236 e. The number of aromatic nitrogens is 2. The van der Waals surface area contributed by atoms with Gasteiger partial charge in [0.15, 0.2) is 5.82 Å². The molecular formula is C30H43N3. The highest BCUT2D eigenvalue weighted by molar-refractivity contribution is 5.55. The molecule has 33 heavy (non-hydrogen) atoms. The predicted octanol–water partition coefficient (Wildman–Crippen LogP) is 8.65. The summed E-state index contributed by atoms with van der Waals surface area (Å²) in [5.74, 6) is 2.02. The first kappa shape index (κ1) is 25.4. The second kappa shape index (κ2) is 12.9. The van der Waals surface area contributed by atoms with Gasteiger partial charge in [-0.2, -0.15) is 5.26 Å². The Morgan fingerprint density at radius 2 is 1.61 bits per heavy atom. The number of nitrogens with zero attached hydrogens (tertiary/aromatic N) is 3. The highest BCUT2D eigenvalue weighted by Gasteiger charge is 2.36. The molecule has 0 bridgehead atoms. The minimum Gasteiger partial charge on any atom is -0.236 e. The molecule has 0 aliphatic heterocycles. The minimum absolute atomic E-state index is 0.100. The lowest BCUT2D eigenvalue weighted by Crippen LogP contribution is -2.27. The van der Waals surface area contributed by atoms with Gasteiger partial charge in [-0.1, -0.05) is 83.6 Å². The van der Waals surface area contributed by atoms with Gasteiger partial charge in [-0.15, -0.1) is 0 Å². The summed E-state index contributed by atoms with van der Waals surface area (Å²) >= 11 is 0. The average Bonchev–Trinajstić information content (AvgIpc) is 2.87. The number of unbranched alkanes of at least 4 members (excludes halogenated alkanes) is 5. The van der Waals surface area contributed by atoms with E-state index in [1.165, 1.54) is 49.7 Å². The maximum atomic E-state index is 9.85. The van der Waals surface area contributed by atoms with E-state index >= 15 is 0 Å². The summed E-state index contributed by atoms with van der Waals surface area (Å²) in [4.78, 5) is 9.28. The number of benzene rings is 1. The Labute approximate surface area is 202 Å². The van der Waals surface area contributed by atoms with Crippen molar-refractivity contribution >= 4 is 0 Å². The van der Waals surface area contributed by atoms with E-state index in [1.807, 2.05) is 12.4 Å². The van der Waals surface area contributed by atoms with Gasteiger partial charge in [0.25, 0.3) is 0 Å². The van der Waals surface area contributed by atoms with Crippen LogP contribution in [0.4, 0.5) is 0 Å². The van der Waals surface area contributed by atoms with E-state index in [1.54, 1.807) is 0 Å². The van der Waals surface area contributed by atoms with Crippen LogP contribution in [0.15, 0.2) is 36.7 Å². The van der Waals surface area contributed by atoms with Gasteiger partial charge in [0.2, 0.25) is 0 Å². The highest BCUT2D eigenvalue weighted by atomic mass is 14.9. The van der Waals surface area contributed by atoms with Crippen LogP contribution in [0.3, 0.4) is 0 Å². The molecule has 0 unspecified atom stereocenters. The Bertz CT molecular complexity index is 855. The number of hydrogen-bond donors (Lipinski definition) is 0. The van der Waals surface area contributed by atoms with Crippen LogP contribution in [-0.2, 0) is 6.42 Å². The van der Waals surface area contributed by atoms with Crippen LogP contribution >= 0.6 is 0 Å². The van der Waals surface area contributed by atoms with Crippen molar-refractivity contribution in [1.29, 1.82) is 5.26 Å². The number of nitriles is 1. The molecule has 1 aromatic carbocycles. The molecule has 0 N–H and O–H groups in total. The topological polar surface area (TPSA) is 49.6 Å². The average molecular weight is 446 g/mol. The summed E-state index contributed by atoms with van der Waals surface area (Å²) in [7, 11) is 0. The van der Waals surface area contributed by atoms with Gasteiger partial charge < -0.3 is 0 Å². The summed E-state index contributed by atoms with van der Waals surface area (Å²) in [6.07, 6.45) is 19.5. The third-order valence-corrected chi connectivity index (χ3v) is 7.78. The number of hydrogen-bond acceptors (Lipinski definition) is 3. The monoisotopic (exact) mass is 445 g/mol. The summed E-state index contributed by atoms with van der Waals surface area (Å²) in [5, 5.41) is 9.85. The van der Waals surface area contributed by atoms with E-state index in [-0.39, 0.29) is 5.41 Å². The summed E-state index contributed by atoms with van der Waals surface area (Å²) in [5.41, 5.74) is 3.63. The summed E-state index contributed by atoms with van der Waals surface area (Å²) in [6, 6.07) is 11.5. The van der Waals surface area contributed by atoms with Crippen molar-refractivity contribution in [2.45, 2.75) is 110 Å². The maximum Gasteiger partial charge on any atom is 0.159 e. The third kappa shape index (κ3) is 7.39. The molecule has 1 aliphatic carbocycles. The van der Waals surface area contributed by atoms with E-state index in [9.17, 15) is 5.26 Å².